The molecule has 2 unspecified atom stereocenters. The molecule has 0 saturated carbocycles. The van der Waals surface area contributed by atoms with Gasteiger partial charge in [-0.2, -0.15) is 17.5 Å². The molecule has 21 heavy (non-hydrogen) atoms. The summed E-state index contributed by atoms with van der Waals surface area (Å²) in [7, 11) is -4.03. The van der Waals surface area contributed by atoms with E-state index in [9.17, 15) is 21.6 Å². The van der Waals surface area contributed by atoms with Crippen molar-refractivity contribution in [3.05, 3.63) is 28.8 Å². The Kier molecular flexibility index (Phi) is 4.27. The molecule has 0 aliphatic carbocycles. The molecule has 2 N–H and O–H groups in total. The van der Waals surface area contributed by atoms with Crippen molar-refractivity contribution in [3.63, 3.8) is 0 Å². The maximum atomic E-state index is 12.8. The largest absolute Gasteiger partial charge is 0.417 e. The number of hydrogen-bond donors (Lipinski definition) is 1. The molecular formula is C12H14ClF3N2O2S. The number of nitrogens with two attached hydrogens (primary N) is 1. The molecule has 0 radical (unpaired) electrons. The molecule has 0 spiro atoms. The third-order valence-electron chi connectivity index (χ3n) is 3.61. The van der Waals surface area contributed by atoms with Crippen LogP contribution < -0.4 is 5.73 Å². The van der Waals surface area contributed by atoms with Crippen LogP contribution in [0.25, 0.3) is 0 Å². The second-order valence-electron chi connectivity index (χ2n) is 4.95. The Morgan fingerprint density at radius 1 is 1.38 bits per heavy atom. The maximum Gasteiger partial charge on any atom is 0.417 e. The van der Waals surface area contributed by atoms with Crippen LogP contribution in [0.3, 0.4) is 0 Å². The van der Waals surface area contributed by atoms with Crippen molar-refractivity contribution in [3.8, 4) is 0 Å². The first kappa shape index (κ1) is 16.5. The molecule has 9 heteroatoms. The summed E-state index contributed by atoms with van der Waals surface area (Å²) in [6.45, 7) is 1.82. The molecule has 1 heterocycles. The van der Waals surface area contributed by atoms with Gasteiger partial charge in [0.2, 0.25) is 10.0 Å². The molecule has 2 rings (SSSR count). The Bertz CT molecular complexity index is 648. The summed E-state index contributed by atoms with van der Waals surface area (Å²) in [6.07, 6.45) is -4.24. The minimum absolute atomic E-state index is 0.189. The normalized spacial score (nSPS) is 24.5. The van der Waals surface area contributed by atoms with Gasteiger partial charge < -0.3 is 5.73 Å². The molecule has 2 atom stereocenters. The van der Waals surface area contributed by atoms with Crippen LogP contribution in [0.4, 0.5) is 13.2 Å². The van der Waals surface area contributed by atoms with E-state index in [4.69, 9.17) is 17.3 Å². The molecule has 1 aliphatic heterocycles. The van der Waals surface area contributed by atoms with E-state index in [0.29, 0.717) is 12.5 Å². The fourth-order valence-corrected chi connectivity index (χ4v) is 4.23. The first-order valence-electron chi connectivity index (χ1n) is 6.19. The van der Waals surface area contributed by atoms with Crippen LogP contribution in [-0.2, 0) is 16.2 Å². The molecule has 118 valence electrons. The highest BCUT2D eigenvalue weighted by Crippen LogP contribution is 2.37. The van der Waals surface area contributed by atoms with E-state index in [0.717, 1.165) is 16.4 Å². The number of sulfonamides is 1. The predicted octanol–water partition coefficient (Wildman–Crippen LogP) is 2.47. The van der Waals surface area contributed by atoms with Crippen molar-refractivity contribution >= 4 is 21.6 Å². The van der Waals surface area contributed by atoms with E-state index in [2.05, 4.69) is 0 Å². The van der Waals surface area contributed by atoms with Gasteiger partial charge in [0.1, 0.15) is 0 Å². The minimum Gasteiger partial charge on any atom is -0.326 e. The minimum atomic E-state index is -4.71. The van der Waals surface area contributed by atoms with Crippen molar-refractivity contribution in [2.24, 2.45) is 5.73 Å². The topological polar surface area (TPSA) is 63.4 Å². The number of alkyl halides is 3. The molecule has 1 aromatic rings. The SMILES string of the molecule is CC1C(N)CCN1S(=O)(=O)c1ccc(Cl)c(C(F)(F)F)c1. The van der Waals surface area contributed by atoms with E-state index < -0.39 is 37.7 Å². The van der Waals surface area contributed by atoms with E-state index in [1.807, 2.05) is 0 Å². The van der Waals surface area contributed by atoms with Gasteiger partial charge in [0.15, 0.2) is 0 Å². The van der Waals surface area contributed by atoms with Gasteiger partial charge in [-0.3, -0.25) is 0 Å². The van der Waals surface area contributed by atoms with Crippen LogP contribution in [0.5, 0.6) is 0 Å². The monoisotopic (exact) mass is 342 g/mol. The van der Waals surface area contributed by atoms with Crippen LogP contribution in [-0.4, -0.2) is 31.4 Å². The van der Waals surface area contributed by atoms with Crippen molar-refractivity contribution in [2.45, 2.75) is 36.5 Å². The molecule has 4 nitrogen and oxygen atoms in total. The Hall–Kier alpha value is -0.830. The lowest BCUT2D eigenvalue weighted by molar-refractivity contribution is -0.137. The molecular weight excluding hydrogens is 329 g/mol. The molecule has 1 saturated heterocycles. The number of benzene rings is 1. The number of hydrogen-bond acceptors (Lipinski definition) is 3. The first-order valence-corrected chi connectivity index (χ1v) is 8.01. The zero-order valence-electron chi connectivity index (χ0n) is 11.1. The summed E-state index contributed by atoms with van der Waals surface area (Å²) in [5.74, 6) is 0. The highest BCUT2D eigenvalue weighted by molar-refractivity contribution is 7.89. The lowest BCUT2D eigenvalue weighted by Gasteiger charge is -2.23. The fourth-order valence-electron chi connectivity index (χ4n) is 2.29. The van der Waals surface area contributed by atoms with Crippen molar-refractivity contribution in [2.75, 3.05) is 6.54 Å². The van der Waals surface area contributed by atoms with Gasteiger partial charge in [-0.1, -0.05) is 11.6 Å². The summed E-state index contributed by atoms with van der Waals surface area (Å²) in [5.41, 5.74) is 4.59. The van der Waals surface area contributed by atoms with Gasteiger partial charge in [0, 0.05) is 18.6 Å². The van der Waals surface area contributed by atoms with Crippen molar-refractivity contribution in [1.82, 2.24) is 4.31 Å². The second kappa shape index (κ2) is 5.42. The van der Waals surface area contributed by atoms with Crippen molar-refractivity contribution in [1.29, 1.82) is 0 Å². The van der Waals surface area contributed by atoms with Crippen LogP contribution in [0.2, 0.25) is 5.02 Å². The zero-order valence-corrected chi connectivity index (χ0v) is 12.6. The third-order valence-corrected chi connectivity index (χ3v) is 5.92. The Morgan fingerprint density at radius 3 is 2.48 bits per heavy atom. The lowest BCUT2D eigenvalue weighted by atomic mass is 10.2. The highest BCUT2D eigenvalue weighted by Gasteiger charge is 2.39. The third kappa shape index (κ3) is 3.03. The van der Waals surface area contributed by atoms with Gasteiger partial charge in [0.25, 0.3) is 0 Å². The molecule has 1 aliphatic rings. The summed E-state index contributed by atoms with van der Waals surface area (Å²) in [5, 5.41) is -0.535. The lowest BCUT2D eigenvalue weighted by Crippen LogP contribution is -2.40. The fraction of sp³-hybridized carbons (Fsp3) is 0.500. The molecule has 1 fully saturated rings. The molecule has 0 amide bonds. The Labute approximate surface area is 125 Å². The van der Waals surface area contributed by atoms with Crippen LogP contribution in [0.15, 0.2) is 23.1 Å². The summed E-state index contributed by atoms with van der Waals surface area (Å²) in [6, 6.07) is 1.80. The standard InChI is InChI=1S/C12H14ClF3N2O2S/c1-7-11(17)4-5-18(7)21(19,20)8-2-3-10(13)9(6-8)12(14,15)16/h2-3,6-7,11H,4-5,17H2,1H3. The van der Waals surface area contributed by atoms with Crippen molar-refractivity contribution < 1.29 is 21.6 Å². The van der Waals surface area contributed by atoms with Gasteiger partial charge in [-0.05, 0) is 31.5 Å². The van der Waals surface area contributed by atoms with E-state index in [1.54, 1.807) is 6.92 Å². The Balaban J connectivity index is 2.47. The van der Waals surface area contributed by atoms with Crippen LogP contribution in [0.1, 0.15) is 18.9 Å². The van der Waals surface area contributed by atoms with Crippen LogP contribution in [0, 0.1) is 0 Å². The smallest absolute Gasteiger partial charge is 0.326 e. The average molecular weight is 343 g/mol. The average Bonchev–Trinajstić information content (AvgIpc) is 2.69. The van der Waals surface area contributed by atoms with Gasteiger partial charge in [0.05, 0.1) is 15.5 Å². The zero-order chi connectivity index (χ0) is 16.0. The highest BCUT2D eigenvalue weighted by atomic mass is 35.5. The number of rotatable bonds is 2. The maximum absolute atomic E-state index is 12.8. The number of halogens is 4. The summed E-state index contributed by atoms with van der Waals surface area (Å²) >= 11 is 5.49. The van der Waals surface area contributed by atoms with Gasteiger partial charge >= 0.3 is 6.18 Å². The molecule has 0 bridgehead atoms. The number of nitrogens with zero attached hydrogens (tertiary/aromatic N) is 1. The van der Waals surface area contributed by atoms with Gasteiger partial charge in [-0.25, -0.2) is 8.42 Å². The van der Waals surface area contributed by atoms with E-state index in [1.165, 1.54) is 0 Å². The first-order chi connectivity index (χ1) is 9.55. The van der Waals surface area contributed by atoms with Crippen LogP contribution >= 0.6 is 11.6 Å². The predicted molar refractivity (Wildman–Crippen MR) is 72.4 cm³/mol. The summed E-state index contributed by atoms with van der Waals surface area (Å²) in [4.78, 5) is -0.430. The summed E-state index contributed by atoms with van der Waals surface area (Å²) < 4.78 is 64.5. The van der Waals surface area contributed by atoms with E-state index in [-0.39, 0.29) is 12.6 Å². The molecule has 0 aromatic heterocycles. The van der Waals surface area contributed by atoms with E-state index >= 15 is 0 Å². The molecule has 1 aromatic carbocycles. The van der Waals surface area contributed by atoms with Gasteiger partial charge in [-0.15, -0.1) is 0 Å². The second-order valence-corrected chi connectivity index (χ2v) is 7.25. The Morgan fingerprint density at radius 2 is 2.00 bits per heavy atom. The quantitative estimate of drug-likeness (QED) is 0.898.